The van der Waals surface area contributed by atoms with Crippen molar-refractivity contribution in [2.75, 3.05) is 11.2 Å². The van der Waals surface area contributed by atoms with Gasteiger partial charge < -0.3 is 15.9 Å². The van der Waals surface area contributed by atoms with Crippen LogP contribution in [0.2, 0.25) is 0 Å². The van der Waals surface area contributed by atoms with Gasteiger partial charge in [0.2, 0.25) is 0 Å². The molecular weight excluding hydrogens is 283 g/mol. The molecule has 0 radical (unpaired) electrons. The number of ether oxygens (including phenoxy) is 1. The van der Waals surface area contributed by atoms with E-state index in [2.05, 4.69) is 24.0 Å². The third-order valence-electron chi connectivity index (χ3n) is 3.76. The van der Waals surface area contributed by atoms with Crippen LogP contribution < -0.4 is 15.9 Å². The van der Waals surface area contributed by atoms with Crippen molar-refractivity contribution < 1.29 is 17.9 Å². The number of hydrogen-bond acceptors (Lipinski definition) is 4. The first-order valence-corrected chi connectivity index (χ1v) is 6.97. The van der Waals surface area contributed by atoms with Crippen LogP contribution in [0.15, 0.2) is 12.1 Å². The Labute approximate surface area is 122 Å². The molecule has 7 heteroatoms. The lowest BCUT2D eigenvalue weighted by Crippen LogP contribution is -2.47. The lowest BCUT2D eigenvalue weighted by molar-refractivity contribution is -0.0521. The van der Waals surface area contributed by atoms with Crippen LogP contribution in [0.4, 0.5) is 24.5 Å². The van der Waals surface area contributed by atoms with Crippen LogP contribution in [0.1, 0.15) is 33.1 Å². The topological polar surface area (TPSA) is 50.5 Å². The van der Waals surface area contributed by atoms with Crippen LogP contribution in [-0.4, -0.2) is 23.7 Å². The minimum atomic E-state index is -3.08. The summed E-state index contributed by atoms with van der Waals surface area (Å²) in [7, 11) is 0. The van der Waals surface area contributed by atoms with Gasteiger partial charge in [0.15, 0.2) is 11.6 Å². The Hall–Kier alpha value is -1.63. The highest BCUT2D eigenvalue weighted by Crippen LogP contribution is 2.31. The summed E-state index contributed by atoms with van der Waals surface area (Å²) < 4.78 is 42.2. The molecule has 0 amide bonds. The summed E-state index contributed by atoms with van der Waals surface area (Å²) in [6, 6.07) is 2.71. The Morgan fingerprint density at radius 1 is 1.29 bits per heavy atom. The van der Waals surface area contributed by atoms with Crippen molar-refractivity contribution in [3.05, 3.63) is 17.9 Å². The van der Waals surface area contributed by atoms with E-state index < -0.39 is 18.2 Å². The van der Waals surface area contributed by atoms with E-state index in [0.717, 1.165) is 25.3 Å². The molecule has 1 saturated heterocycles. The van der Waals surface area contributed by atoms with Crippen molar-refractivity contribution in [3.63, 3.8) is 0 Å². The first-order chi connectivity index (χ1) is 9.88. The lowest BCUT2D eigenvalue weighted by atomic mass is 10.00. The molecule has 0 spiro atoms. The van der Waals surface area contributed by atoms with Gasteiger partial charge in [-0.3, -0.25) is 0 Å². The summed E-state index contributed by atoms with van der Waals surface area (Å²) in [5.74, 6) is -1.42. The zero-order valence-electron chi connectivity index (χ0n) is 12.1. The zero-order chi connectivity index (χ0) is 15.6. The zero-order valence-corrected chi connectivity index (χ0v) is 12.1. The number of nitrogens with zero attached hydrogens (tertiary/aromatic N) is 1. The average Bonchev–Trinajstić information content (AvgIpc) is 2.38. The monoisotopic (exact) mass is 303 g/mol. The SMILES string of the molecule is CC1CCCC(C)N1Nc1cc(OC(F)F)c(F)cc1N. The maximum Gasteiger partial charge on any atom is 0.387 e. The van der Waals surface area contributed by atoms with E-state index in [1.165, 1.54) is 6.07 Å². The Kier molecular flexibility index (Phi) is 4.82. The standard InChI is InChI=1S/C14H20F3N3O/c1-8-4-3-5-9(2)20(8)19-12-7-13(21-14(16)17)10(15)6-11(12)18/h6-9,14,19H,3-5,18H2,1-2H3. The number of hydrazine groups is 1. The van der Waals surface area contributed by atoms with E-state index in [1.54, 1.807) is 0 Å². The molecule has 0 aliphatic carbocycles. The van der Waals surface area contributed by atoms with Gasteiger partial charge in [0, 0.05) is 24.2 Å². The fourth-order valence-electron chi connectivity index (χ4n) is 2.63. The first kappa shape index (κ1) is 15.8. The van der Waals surface area contributed by atoms with Crippen LogP contribution >= 0.6 is 0 Å². The minimum Gasteiger partial charge on any atom is -0.432 e. The van der Waals surface area contributed by atoms with E-state index >= 15 is 0 Å². The molecule has 1 heterocycles. The highest BCUT2D eigenvalue weighted by Gasteiger charge is 2.25. The quantitative estimate of drug-likeness (QED) is 0.835. The van der Waals surface area contributed by atoms with Gasteiger partial charge in [-0.2, -0.15) is 8.78 Å². The largest absolute Gasteiger partial charge is 0.432 e. The number of nitrogens with one attached hydrogen (secondary N) is 1. The number of nitrogens with two attached hydrogens (primary N) is 1. The second-order valence-electron chi connectivity index (χ2n) is 5.40. The molecule has 3 N–H and O–H groups in total. The van der Waals surface area contributed by atoms with Crippen molar-refractivity contribution in [3.8, 4) is 5.75 Å². The number of halogens is 3. The van der Waals surface area contributed by atoms with E-state index in [0.29, 0.717) is 5.69 Å². The molecule has 0 aromatic heterocycles. The summed E-state index contributed by atoms with van der Waals surface area (Å²) in [6.45, 7) is 1.06. The van der Waals surface area contributed by atoms with Crippen molar-refractivity contribution >= 4 is 11.4 Å². The molecule has 1 fully saturated rings. The van der Waals surface area contributed by atoms with E-state index in [1.807, 2.05) is 5.01 Å². The Balaban J connectivity index is 2.22. The number of anilines is 2. The number of hydrogen-bond donors (Lipinski definition) is 2. The van der Waals surface area contributed by atoms with Gasteiger partial charge in [-0.1, -0.05) is 6.42 Å². The molecule has 1 aliphatic rings. The number of benzene rings is 1. The fraction of sp³-hybridized carbons (Fsp3) is 0.571. The number of rotatable bonds is 4. The first-order valence-electron chi connectivity index (χ1n) is 6.97. The Bertz CT molecular complexity index is 489. The van der Waals surface area contributed by atoms with Gasteiger partial charge in [0.25, 0.3) is 0 Å². The summed E-state index contributed by atoms with van der Waals surface area (Å²) in [4.78, 5) is 0. The molecule has 2 atom stereocenters. The smallest absolute Gasteiger partial charge is 0.387 e. The molecule has 1 aliphatic heterocycles. The summed E-state index contributed by atoms with van der Waals surface area (Å²) in [6.07, 6.45) is 3.19. The molecule has 21 heavy (non-hydrogen) atoms. The van der Waals surface area contributed by atoms with Crippen LogP contribution in [0.3, 0.4) is 0 Å². The molecule has 118 valence electrons. The maximum atomic E-state index is 13.5. The molecule has 2 rings (SSSR count). The van der Waals surface area contributed by atoms with E-state index in [-0.39, 0.29) is 17.8 Å². The second kappa shape index (κ2) is 6.43. The molecular formula is C14H20F3N3O. The molecule has 2 unspecified atom stereocenters. The molecule has 1 aromatic carbocycles. The van der Waals surface area contributed by atoms with Gasteiger partial charge >= 0.3 is 6.61 Å². The minimum absolute atomic E-state index is 0.152. The summed E-state index contributed by atoms with van der Waals surface area (Å²) in [5, 5.41) is 2.01. The maximum absolute atomic E-state index is 13.5. The third kappa shape index (κ3) is 3.72. The molecule has 0 bridgehead atoms. The van der Waals surface area contributed by atoms with Gasteiger partial charge in [-0.25, -0.2) is 9.40 Å². The van der Waals surface area contributed by atoms with Crippen molar-refractivity contribution in [2.45, 2.75) is 51.8 Å². The summed E-state index contributed by atoms with van der Waals surface area (Å²) >= 11 is 0. The van der Waals surface area contributed by atoms with Gasteiger partial charge in [-0.15, -0.1) is 0 Å². The van der Waals surface area contributed by atoms with Gasteiger partial charge in [0.05, 0.1) is 11.4 Å². The second-order valence-corrected chi connectivity index (χ2v) is 5.40. The van der Waals surface area contributed by atoms with Crippen molar-refractivity contribution in [1.82, 2.24) is 5.01 Å². The van der Waals surface area contributed by atoms with Crippen molar-refractivity contribution in [1.29, 1.82) is 0 Å². The van der Waals surface area contributed by atoms with E-state index in [4.69, 9.17) is 5.73 Å². The summed E-state index contributed by atoms with van der Waals surface area (Å²) in [5.41, 5.74) is 9.38. The molecule has 0 saturated carbocycles. The van der Waals surface area contributed by atoms with Crippen molar-refractivity contribution in [2.24, 2.45) is 0 Å². The van der Waals surface area contributed by atoms with Crippen LogP contribution in [-0.2, 0) is 0 Å². The lowest BCUT2D eigenvalue weighted by Gasteiger charge is -2.39. The van der Waals surface area contributed by atoms with Gasteiger partial charge in [-0.05, 0) is 26.7 Å². The highest BCUT2D eigenvalue weighted by molar-refractivity contribution is 5.68. The predicted octanol–water partition coefficient (Wildman–Crippen LogP) is 3.60. The van der Waals surface area contributed by atoms with Crippen LogP contribution in [0.5, 0.6) is 5.75 Å². The Morgan fingerprint density at radius 3 is 2.48 bits per heavy atom. The Morgan fingerprint density at radius 2 is 1.90 bits per heavy atom. The van der Waals surface area contributed by atoms with Crippen LogP contribution in [0.25, 0.3) is 0 Å². The highest BCUT2D eigenvalue weighted by atomic mass is 19.3. The molecule has 4 nitrogen and oxygen atoms in total. The third-order valence-corrected chi connectivity index (χ3v) is 3.76. The average molecular weight is 303 g/mol. The number of piperidine rings is 1. The van der Waals surface area contributed by atoms with E-state index in [9.17, 15) is 13.2 Å². The fourth-order valence-corrected chi connectivity index (χ4v) is 2.63. The van der Waals surface area contributed by atoms with Crippen LogP contribution in [0, 0.1) is 5.82 Å². The normalized spacial score (nSPS) is 23.3. The van der Waals surface area contributed by atoms with Gasteiger partial charge in [0.1, 0.15) is 0 Å². The number of alkyl halides is 2. The predicted molar refractivity (Wildman–Crippen MR) is 75.7 cm³/mol. The molecule has 1 aromatic rings. The number of nitrogen functional groups attached to an aromatic ring is 1.